The Hall–Kier alpha value is -1.35. The molecule has 14 heavy (non-hydrogen) atoms. The first-order chi connectivity index (χ1) is 6.81. The highest BCUT2D eigenvalue weighted by atomic mass is 19.1. The van der Waals surface area contributed by atoms with Crippen molar-refractivity contribution in [2.45, 2.75) is 12.8 Å². The molecule has 0 saturated heterocycles. The Balaban J connectivity index is 2.36. The summed E-state index contributed by atoms with van der Waals surface area (Å²) in [6.45, 7) is 0.625. The number of aryl methyl sites for hydroxylation is 1. The normalized spacial score (nSPS) is 11.0. The lowest BCUT2D eigenvalue weighted by molar-refractivity contribution is 0.539. The molecule has 0 radical (unpaired) electrons. The van der Waals surface area contributed by atoms with Crippen LogP contribution >= 0.6 is 0 Å². The van der Waals surface area contributed by atoms with Gasteiger partial charge in [-0.3, -0.25) is 0 Å². The molecule has 2 aromatic rings. The first-order valence-corrected chi connectivity index (χ1v) is 4.68. The van der Waals surface area contributed by atoms with Crippen LogP contribution in [0.25, 0.3) is 11.0 Å². The minimum Gasteiger partial charge on any atom is -0.461 e. The van der Waals surface area contributed by atoms with Crippen LogP contribution in [0.3, 0.4) is 0 Å². The Bertz CT molecular complexity index is 436. The van der Waals surface area contributed by atoms with E-state index < -0.39 is 0 Å². The van der Waals surface area contributed by atoms with Crippen molar-refractivity contribution in [2.24, 2.45) is 5.73 Å². The van der Waals surface area contributed by atoms with Gasteiger partial charge in [0.05, 0.1) is 5.39 Å². The lowest BCUT2D eigenvalue weighted by Crippen LogP contribution is -1.99. The average molecular weight is 193 g/mol. The Kier molecular flexibility index (Phi) is 2.50. The molecule has 0 spiro atoms. The molecule has 0 aliphatic rings. The van der Waals surface area contributed by atoms with Crippen LogP contribution in [0.4, 0.5) is 4.39 Å². The molecule has 0 amide bonds. The predicted octanol–water partition coefficient (Wildman–Crippen LogP) is 2.46. The molecule has 2 rings (SSSR count). The maximum atomic E-state index is 13.2. The zero-order valence-electron chi connectivity index (χ0n) is 7.79. The minimum atomic E-state index is -0.231. The van der Waals surface area contributed by atoms with Gasteiger partial charge in [0.2, 0.25) is 0 Å². The summed E-state index contributed by atoms with van der Waals surface area (Å²) >= 11 is 0. The second-order valence-electron chi connectivity index (χ2n) is 3.26. The third-order valence-corrected chi connectivity index (χ3v) is 2.19. The molecule has 0 unspecified atom stereocenters. The molecular formula is C11H12FNO. The second kappa shape index (κ2) is 3.80. The smallest absolute Gasteiger partial charge is 0.137 e. The zero-order valence-corrected chi connectivity index (χ0v) is 7.79. The van der Waals surface area contributed by atoms with Gasteiger partial charge in [0.25, 0.3) is 0 Å². The Morgan fingerprint density at radius 1 is 1.36 bits per heavy atom. The summed E-state index contributed by atoms with van der Waals surface area (Å²) in [6, 6.07) is 6.60. The summed E-state index contributed by atoms with van der Waals surface area (Å²) in [5.74, 6) is 0.570. The summed E-state index contributed by atoms with van der Waals surface area (Å²) < 4.78 is 18.7. The molecule has 0 bridgehead atoms. The molecule has 74 valence electrons. The van der Waals surface area contributed by atoms with Crippen molar-refractivity contribution < 1.29 is 8.81 Å². The van der Waals surface area contributed by atoms with E-state index in [9.17, 15) is 4.39 Å². The quantitative estimate of drug-likeness (QED) is 0.813. The highest BCUT2D eigenvalue weighted by Crippen LogP contribution is 2.22. The van der Waals surface area contributed by atoms with Crippen LogP contribution in [0.15, 0.2) is 28.7 Å². The van der Waals surface area contributed by atoms with Crippen LogP contribution in [0.1, 0.15) is 12.2 Å². The van der Waals surface area contributed by atoms with Crippen LogP contribution in [0.2, 0.25) is 0 Å². The van der Waals surface area contributed by atoms with Crippen molar-refractivity contribution in [1.82, 2.24) is 0 Å². The maximum absolute atomic E-state index is 13.2. The van der Waals surface area contributed by atoms with E-state index in [0.29, 0.717) is 17.5 Å². The van der Waals surface area contributed by atoms with Gasteiger partial charge in [-0.2, -0.15) is 0 Å². The summed E-state index contributed by atoms with van der Waals surface area (Å²) in [6.07, 6.45) is 1.63. The number of rotatable bonds is 3. The third-order valence-electron chi connectivity index (χ3n) is 2.19. The second-order valence-corrected chi connectivity index (χ2v) is 3.26. The van der Waals surface area contributed by atoms with Gasteiger partial charge in [-0.1, -0.05) is 6.07 Å². The topological polar surface area (TPSA) is 39.2 Å². The van der Waals surface area contributed by atoms with E-state index in [1.807, 2.05) is 0 Å². The van der Waals surface area contributed by atoms with E-state index in [-0.39, 0.29) is 5.82 Å². The number of hydrogen-bond acceptors (Lipinski definition) is 2. The van der Waals surface area contributed by atoms with Crippen LogP contribution in [-0.2, 0) is 6.42 Å². The number of halogens is 1. The fourth-order valence-electron chi connectivity index (χ4n) is 1.48. The maximum Gasteiger partial charge on any atom is 0.137 e. The Morgan fingerprint density at radius 2 is 2.21 bits per heavy atom. The van der Waals surface area contributed by atoms with E-state index in [1.165, 1.54) is 6.07 Å². The SMILES string of the molecule is NCCCc1cc2c(F)cccc2o1. The van der Waals surface area contributed by atoms with Crippen molar-refractivity contribution in [3.8, 4) is 0 Å². The van der Waals surface area contributed by atoms with Crippen LogP contribution in [-0.4, -0.2) is 6.54 Å². The van der Waals surface area contributed by atoms with Crippen LogP contribution in [0.5, 0.6) is 0 Å². The molecule has 1 aromatic carbocycles. The lowest BCUT2D eigenvalue weighted by atomic mass is 10.2. The predicted molar refractivity (Wildman–Crippen MR) is 53.5 cm³/mol. The number of nitrogens with two attached hydrogens (primary N) is 1. The van der Waals surface area contributed by atoms with Crippen molar-refractivity contribution in [3.63, 3.8) is 0 Å². The lowest BCUT2D eigenvalue weighted by Gasteiger charge is -1.91. The van der Waals surface area contributed by atoms with Gasteiger partial charge in [0, 0.05) is 6.42 Å². The molecule has 3 heteroatoms. The van der Waals surface area contributed by atoms with E-state index in [4.69, 9.17) is 10.2 Å². The fourth-order valence-corrected chi connectivity index (χ4v) is 1.48. The van der Waals surface area contributed by atoms with Gasteiger partial charge >= 0.3 is 0 Å². The molecule has 1 heterocycles. The molecule has 1 aromatic heterocycles. The first kappa shape index (κ1) is 9.21. The highest BCUT2D eigenvalue weighted by molar-refractivity contribution is 5.78. The van der Waals surface area contributed by atoms with Gasteiger partial charge in [0.15, 0.2) is 0 Å². The Morgan fingerprint density at radius 3 is 2.93 bits per heavy atom. The van der Waals surface area contributed by atoms with Gasteiger partial charge < -0.3 is 10.2 Å². The van der Waals surface area contributed by atoms with Gasteiger partial charge in [-0.05, 0) is 31.2 Å². The average Bonchev–Trinajstić information content (AvgIpc) is 2.59. The van der Waals surface area contributed by atoms with E-state index in [0.717, 1.165) is 18.6 Å². The Labute approximate surface area is 81.5 Å². The number of hydrogen-bond donors (Lipinski definition) is 1. The zero-order chi connectivity index (χ0) is 9.97. The summed E-state index contributed by atoms with van der Waals surface area (Å²) in [5, 5.41) is 0.555. The number of furan rings is 1. The summed E-state index contributed by atoms with van der Waals surface area (Å²) in [7, 11) is 0. The van der Waals surface area contributed by atoms with Gasteiger partial charge in [-0.25, -0.2) is 4.39 Å². The molecule has 0 saturated carbocycles. The molecule has 2 N–H and O–H groups in total. The molecular weight excluding hydrogens is 181 g/mol. The first-order valence-electron chi connectivity index (χ1n) is 4.68. The molecule has 0 atom stereocenters. The largest absolute Gasteiger partial charge is 0.461 e. The monoisotopic (exact) mass is 193 g/mol. The standard InChI is InChI=1S/C11H12FNO/c12-10-4-1-5-11-9(10)7-8(14-11)3-2-6-13/h1,4-5,7H,2-3,6,13H2. The summed E-state index contributed by atoms with van der Waals surface area (Å²) in [4.78, 5) is 0. The van der Waals surface area contributed by atoms with Gasteiger partial charge in [0.1, 0.15) is 17.2 Å². The van der Waals surface area contributed by atoms with Crippen molar-refractivity contribution in [1.29, 1.82) is 0 Å². The summed E-state index contributed by atoms with van der Waals surface area (Å²) in [5.41, 5.74) is 5.99. The fraction of sp³-hybridized carbons (Fsp3) is 0.273. The highest BCUT2D eigenvalue weighted by Gasteiger charge is 2.06. The number of fused-ring (bicyclic) bond motifs is 1. The third kappa shape index (κ3) is 1.63. The van der Waals surface area contributed by atoms with Crippen LogP contribution in [0, 0.1) is 5.82 Å². The van der Waals surface area contributed by atoms with E-state index in [2.05, 4.69) is 0 Å². The molecule has 0 aliphatic carbocycles. The number of benzene rings is 1. The van der Waals surface area contributed by atoms with Crippen molar-refractivity contribution in [3.05, 3.63) is 35.8 Å². The van der Waals surface area contributed by atoms with E-state index in [1.54, 1.807) is 18.2 Å². The van der Waals surface area contributed by atoms with Gasteiger partial charge in [-0.15, -0.1) is 0 Å². The van der Waals surface area contributed by atoms with Crippen molar-refractivity contribution >= 4 is 11.0 Å². The van der Waals surface area contributed by atoms with E-state index >= 15 is 0 Å². The molecule has 2 nitrogen and oxygen atoms in total. The molecule has 0 fully saturated rings. The van der Waals surface area contributed by atoms with Crippen LogP contribution < -0.4 is 5.73 Å². The minimum absolute atomic E-state index is 0.231. The molecule has 0 aliphatic heterocycles. The van der Waals surface area contributed by atoms with Crippen molar-refractivity contribution in [2.75, 3.05) is 6.54 Å².